The number of alkyl halides is 1. The van der Waals surface area contributed by atoms with Gasteiger partial charge in [0, 0.05) is 13.6 Å². The zero-order chi connectivity index (χ0) is 10.1. The van der Waals surface area contributed by atoms with E-state index in [2.05, 4.69) is 63.0 Å². The molecule has 14 heavy (non-hydrogen) atoms. The highest BCUT2D eigenvalue weighted by Gasteiger charge is 2.06. The van der Waals surface area contributed by atoms with Crippen LogP contribution in [-0.2, 0) is 11.8 Å². The highest BCUT2D eigenvalue weighted by atomic mass is 127. The van der Waals surface area contributed by atoms with Crippen molar-refractivity contribution in [2.45, 2.75) is 18.7 Å². The second-order valence-corrected chi connectivity index (χ2v) is 5.82. The number of rotatable bonds is 2. The number of thiophene rings is 1. The van der Waals surface area contributed by atoms with Gasteiger partial charge in [-0.05, 0) is 63.0 Å². The molecule has 0 amide bonds. The molecule has 1 aromatic carbocycles. The normalized spacial score (nSPS) is 11.1. The summed E-state index contributed by atoms with van der Waals surface area (Å²) in [4.78, 5) is 0. The van der Waals surface area contributed by atoms with Gasteiger partial charge in [0.2, 0.25) is 0 Å². The maximum atomic E-state index is 3.53. The second kappa shape index (κ2) is 4.49. The van der Waals surface area contributed by atoms with E-state index in [0.717, 1.165) is 11.8 Å². The molecule has 3 heteroatoms. The van der Waals surface area contributed by atoms with Crippen LogP contribution < -0.4 is 0 Å². The number of hydrogen-bond donors (Lipinski definition) is 0. The molecule has 0 atom stereocenters. The fourth-order valence-corrected chi connectivity index (χ4v) is 4.45. The van der Waals surface area contributed by atoms with E-state index in [1.54, 1.807) is 0 Å². The Labute approximate surface area is 110 Å². The maximum absolute atomic E-state index is 3.53. The SMILES string of the molecule is CCc1csc2cc(I)c(CBr)cc12. The molecule has 0 nitrogen and oxygen atoms in total. The molecule has 0 bridgehead atoms. The molecule has 0 spiro atoms. The van der Waals surface area contributed by atoms with E-state index in [1.165, 1.54) is 24.8 Å². The minimum absolute atomic E-state index is 0.945. The highest BCUT2D eigenvalue weighted by Crippen LogP contribution is 2.30. The van der Waals surface area contributed by atoms with E-state index in [0.29, 0.717) is 0 Å². The summed E-state index contributed by atoms with van der Waals surface area (Å²) in [5, 5.41) is 4.66. The first-order valence-corrected chi connectivity index (χ1v) is 7.58. The molecule has 2 aromatic rings. The zero-order valence-corrected chi connectivity index (χ0v) is 12.4. The minimum Gasteiger partial charge on any atom is -0.143 e. The Morgan fingerprint density at radius 2 is 2.14 bits per heavy atom. The minimum atomic E-state index is 0.945. The Balaban J connectivity index is 2.70. The van der Waals surface area contributed by atoms with Crippen molar-refractivity contribution >= 4 is 59.9 Å². The Kier molecular flexibility index (Phi) is 3.50. The Morgan fingerprint density at radius 3 is 2.79 bits per heavy atom. The van der Waals surface area contributed by atoms with Crippen LogP contribution in [0, 0.1) is 3.57 Å². The fraction of sp³-hybridized carbons (Fsp3) is 0.273. The van der Waals surface area contributed by atoms with Gasteiger partial charge in [0.25, 0.3) is 0 Å². The number of fused-ring (bicyclic) bond motifs is 1. The van der Waals surface area contributed by atoms with Gasteiger partial charge in [-0.2, -0.15) is 0 Å². The van der Waals surface area contributed by atoms with E-state index < -0.39 is 0 Å². The van der Waals surface area contributed by atoms with Gasteiger partial charge in [0.05, 0.1) is 0 Å². The fourth-order valence-electron chi connectivity index (χ4n) is 1.52. The van der Waals surface area contributed by atoms with Gasteiger partial charge in [-0.3, -0.25) is 0 Å². The van der Waals surface area contributed by atoms with Crippen molar-refractivity contribution in [1.82, 2.24) is 0 Å². The Morgan fingerprint density at radius 1 is 1.36 bits per heavy atom. The van der Waals surface area contributed by atoms with Crippen molar-refractivity contribution in [3.63, 3.8) is 0 Å². The van der Waals surface area contributed by atoms with Crippen LogP contribution in [0.15, 0.2) is 17.5 Å². The maximum Gasteiger partial charge on any atom is 0.0356 e. The molecule has 0 N–H and O–H groups in total. The molecule has 0 fully saturated rings. The molecule has 0 unspecified atom stereocenters. The van der Waals surface area contributed by atoms with E-state index in [-0.39, 0.29) is 0 Å². The van der Waals surface area contributed by atoms with E-state index in [1.807, 2.05) is 11.3 Å². The number of aryl methyl sites for hydroxylation is 1. The van der Waals surface area contributed by atoms with Crippen LogP contribution in [0.5, 0.6) is 0 Å². The van der Waals surface area contributed by atoms with Crippen LogP contribution in [0.1, 0.15) is 18.1 Å². The number of hydrogen-bond acceptors (Lipinski definition) is 1. The summed E-state index contributed by atoms with van der Waals surface area (Å²) in [6.45, 7) is 2.22. The predicted octanol–water partition coefficient (Wildman–Crippen LogP) is 4.96. The third-order valence-corrected chi connectivity index (χ3v) is 4.95. The zero-order valence-electron chi connectivity index (χ0n) is 7.81. The molecular weight excluding hydrogens is 371 g/mol. The lowest BCUT2D eigenvalue weighted by Gasteiger charge is -2.01. The number of benzene rings is 1. The van der Waals surface area contributed by atoms with Crippen molar-refractivity contribution in [3.8, 4) is 0 Å². The predicted molar refractivity (Wildman–Crippen MR) is 76.6 cm³/mol. The number of halogens is 2. The molecule has 1 aromatic heterocycles. The monoisotopic (exact) mass is 380 g/mol. The molecule has 0 saturated heterocycles. The summed E-state index contributed by atoms with van der Waals surface area (Å²) in [5.41, 5.74) is 2.87. The standard InChI is InChI=1S/C11H10BrIS/c1-2-7-6-14-11-4-10(13)8(5-12)3-9(7)11/h3-4,6H,2,5H2,1H3. The first-order valence-electron chi connectivity index (χ1n) is 4.50. The summed E-state index contributed by atoms with van der Waals surface area (Å²) in [5.74, 6) is 0. The Hall–Kier alpha value is 0.390. The van der Waals surface area contributed by atoms with E-state index >= 15 is 0 Å². The topological polar surface area (TPSA) is 0 Å². The van der Waals surface area contributed by atoms with Gasteiger partial charge >= 0.3 is 0 Å². The molecule has 74 valence electrons. The van der Waals surface area contributed by atoms with Gasteiger partial charge in [-0.1, -0.05) is 22.9 Å². The van der Waals surface area contributed by atoms with Gasteiger partial charge in [0.1, 0.15) is 0 Å². The summed E-state index contributed by atoms with van der Waals surface area (Å²) in [6, 6.07) is 4.61. The molecule has 0 radical (unpaired) electrons. The lowest BCUT2D eigenvalue weighted by molar-refractivity contribution is 1.17. The smallest absolute Gasteiger partial charge is 0.0356 e. The van der Waals surface area contributed by atoms with Gasteiger partial charge in [-0.15, -0.1) is 11.3 Å². The van der Waals surface area contributed by atoms with Crippen LogP contribution in [0.3, 0.4) is 0 Å². The summed E-state index contributed by atoms with van der Waals surface area (Å²) in [6.07, 6.45) is 1.13. The summed E-state index contributed by atoms with van der Waals surface area (Å²) >= 11 is 7.79. The molecule has 0 aliphatic heterocycles. The summed E-state index contributed by atoms with van der Waals surface area (Å²) in [7, 11) is 0. The van der Waals surface area contributed by atoms with Crippen molar-refractivity contribution in [2.75, 3.05) is 0 Å². The van der Waals surface area contributed by atoms with Crippen LogP contribution in [0.25, 0.3) is 10.1 Å². The average molecular weight is 381 g/mol. The quantitative estimate of drug-likeness (QED) is 0.510. The largest absolute Gasteiger partial charge is 0.143 e. The van der Waals surface area contributed by atoms with Crippen LogP contribution in [0.4, 0.5) is 0 Å². The second-order valence-electron chi connectivity index (χ2n) is 3.19. The third-order valence-electron chi connectivity index (χ3n) is 2.35. The third kappa shape index (κ3) is 1.86. The first kappa shape index (κ1) is 10.9. The van der Waals surface area contributed by atoms with E-state index in [9.17, 15) is 0 Å². The van der Waals surface area contributed by atoms with Crippen molar-refractivity contribution in [3.05, 3.63) is 32.2 Å². The van der Waals surface area contributed by atoms with Crippen LogP contribution >= 0.6 is 49.9 Å². The molecular formula is C11H10BrIS. The van der Waals surface area contributed by atoms with Gasteiger partial charge < -0.3 is 0 Å². The molecule has 1 heterocycles. The van der Waals surface area contributed by atoms with Crippen LogP contribution in [-0.4, -0.2) is 0 Å². The van der Waals surface area contributed by atoms with Crippen molar-refractivity contribution in [2.24, 2.45) is 0 Å². The average Bonchev–Trinajstić information content (AvgIpc) is 2.58. The molecule has 2 rings (SSSR count). The summed E-state index contributed by atoms with van der Waals surface area (Å²) < 4.78 is 2.77. The van der Waals surface area contributed by atoms with Crippen molar-refractivity contribution in [1.29, 1.82) is 0 Å². The van der Waals surface area contributed by atoms with E-state index in [4.69, 9.17) is 0 Å². The van der Waals surface area contributed by atoms with Crippen LogP contribution in [0.2, 0.25) is 0 Å². The highest BCUT2D eigenvalue weighted by molar-refractivity contribution is 14.1. The lowest BCUT2D eigenvalue weighted by Crippen LogP contribution is -1.84. The van der Waals surface area contributed by atoms with Crippen molar-refractivity contribution < 1.29 is 0 Å². The van der Waals surface area contributed by atoms with Gasteiger partial charge in [-0.25, -0.2) is 0 Å². The molecule has 0 aliphatic rings. The molecule has 0 saturated carbocycles. The lowest BCUT2D eigenvalue weighted by atomic mass is 10.1. The first-order chi connectivity index (χ1) is 6.76. The van der Waals surface area contributed by atoms with Gasteiger partial charge in [0.15, 0.2) is 0 Å². The molecule has 0 aliphatic carbocycles. The Bertz CT molecular complexity index is 462.